The molecule has 0 aromatic heterocycles. The van der Waals surface area contributed by atoms with Crippen LogP contribution in [0, 0.1) is 5.92 Å². The maximum absolute atomic E-state index is 12.9. The number of hydrogen-bond acceptors (Lipinski definition) is 10. The molecule has 1 atom stereocenters. The highest BCUT2D eigenvalue weighted by atomic mass is 16.7. The summed E-state index contributed by atoms with van der Waals surface area (Å²) in [6.45, 7) is 14.7. The Balaban J connectivity index is 4.92. The van der Waals surface area contributed by atoms with E-state index in [0.29, 0.717) is 26.1 Å². The first-order chi connectivity index (χ1) is 29.4. The number of hydrogen-bond donors (Lipinski definition) is 0. The Labute approximate surface area is 368 Å². The van der Waals surface area contributed by atoms with Crippen molar-refractivity contribution in [2.24, 2.45) is 5.92 Å². The predicted molar refractivity (Wildman–Crippen MR) is 246 cm³/mol. The molecular weight excluding hydrogens is 759 g/mol. The molecule has 0 radical (unpaired) electrons. The monoisotopic (exact) mass is 852 g/mol. The van der Waals surface area contributed by atoms with Gasteiger partial charge < -0.3 is 33.3 Å². The number of carbonyl (C=O) groups is 3. The molecule has 0 amide bonds. The molecule has 10 nitrogen and oxygen atoms in total. The molecule has 352 valence electrons. The smallest absolute Gasteiger partial charge is 0.465 e. The van der Waals surface area contributed by atoms with Crippen LogP contribution in [0.15, 0.2) is 24.3 Å². The second kappa shape index (κ2) is 46.1. The van der Waals surface area contributed by atoms with Crippen LogP contribution in [0.2, 0.25) is 0 Å². The van der Waals surface area contributed by atoms with Crippen molar-refractivity contribution in [3.63, 3.8) is 0 Å². The first-order valence-corrected chi connectivity index (χ1v) is 24.8. The van der Waals surface area contributed by atoms with Crippen molar-refractivity contribution in [3.8, 4) is 0 Å². The third kappa shape index (κ3) is 40.9. The SMILES string of the molecule is CCCCCCCCCCCCCC=CC=CC(=O)OCC(COC(=O)CCC(OCCCCCCCC)OCCCCCCCC)COC(=O)OCCCN(CC)CC. The van der Waals surface area contributed by atoms with Crippen LogP contribution in [0.1, 0.15) is 208 Å². The van der Waals surface area contributed by atoms with Gasteiger partial charge in [-0.15, -0.1) is 0 Å². The third-order valence-electron chi connectivity index (χ3n) is 10.8. The van der Waals surface area contributed by atoms with Crippen LogP contribution in [-0.2, 0) is 38.0 Å². The fraction of sp³-hybridized carbons (Fsp3) is 0.860. The molecule has 0 aromatic carbocycles. The number of allylic oxidation sites excluding steroid dienone is 3. The minimum absolute atomic E-state index is 0.0775. The number of esters is 2. The summed E-state index contributed by atoms with van der Waals surface area (Å²) in [6.07, 6.45) is 36.4. The van der Waals surface area contributed by atoms with Crippen molar-refractivity contribution in [1.82, 2.24) is 4.90 Å². The van der Waals surface area contributed by atoms with E-state index < -0.39 is 30.3 Å². The van der Waals surface area contributed by atoms with Crippen molar-refractivity contribution in [1.29, 1.82) is 0 Å². The third-order valence-corrected chi connectivity index (χ3v) is 10.8. The van der Waals surface area contributed by atoms with Crippen LogP contribution in [-0.4, -0.2) is 88.6 Å². The Bertz CT molecular complexity index is 998. The van der Waals surface area contributed by atoms with Gasteiger partial charge in [0.1, 0.15) is 19.8 Å². The van der Waals surface area contributed by atoms with Gasteiger partial charge in [0, 0.05) is 32.3 Å². The van der Waals surface area contributed by atoms with Crippen molar-refractivity contribution in [2.45, 2.75) is 214 Å². The molecule has 0 aliphatic rings. The molecule has 10 heteroatoms. The lowest BCUT2D eigenvalue weighted by Gasteiger charge is -2.20. The van der Waals surface area contributed by atoms with Gasteiger partial charge in [-0.25, -0.2) is 9.59 Å². The quantitative estimate of drug-likeness (QED) is 0.0147. The molecule has 0 fully saturated rings. The van der Waals surface area contributed by atoms with Crippen molar-refractivity contribution in [3.05, 3.63) is 24.3 Å². The van der Waals surface area contributed by atoms with Gasteiger partial charge >= 0.3 is 18.1 Å². The summed E-state index contributed by atoms with van der Waals surface area (Å²) in [7, 11) is 0. The van der Waals surface area contributed by atoms with Crippen molar-refractivity contribution >= 4 is 18.1 Å². The molecule has 0 saturated heterocycles. The molecule has 0 aliphatic heterocycles. The highest BCUT2D eigenvalue weighted by molar-refractivity contribution is 5.82. The fourth-order valence-corrected chi connectivity index (χ4v) is 6.77. The molecule has 1 unspecified atom stereocenters. The van der Waals surface area contributed by atoms with Gasteiger partial charge in [-0.2, -0.15) is 0 Å². The first-order valence-electron chi connectivity index (χ1n) is 24.8. The minimum atomic E-state index is -0.798. The number of nitrogens with zero attached hydrogens (tertiary/aromatic N) is 1. The van der Waals surface area contributed by atoms with Crippen LogP contribution in [0.3, 0.4) is 0 Å². The van der Waals surface area contributed by atoms with Gasteiger partial charge in [0.05, 0.1) is 18.9 Å². The average molecular weight is 852 g/mol. The van der Waals surface area contributed by atoms with Crippen LogP contribution in [0.4, 0.5) is 4.79 Å². The molecule has 60 heavy (non-hydrogen) atoms. The fourth-order valence-electron chi connectivity index (χ4n) is 6.77. The molecule has 0 aliphatic carbocycles. The Morgan fingerprint density at radius 1 is 0.500 bits per heavy atom. The largest absolute Gasteiger partial charge is 0.508 e. The Kier molecular flexibility index (Phi) is 44.2. The molecule has 0 saturated carbocycles. The molecule has 0 heterocycles. The Hall–Kier alpha value is -2.43. The van der Waals surface area contributed by atoms with Gasteiger partial charge in [-0.1, -0.05) is 181 Å². The van der Waals surface area contributed by atoms with Crippen LogP contribution >= 0.6 is 0 Å². The molecule has 0 rings (SSSR count). The summed E-state index contributed by atoms with van der Waals surface area (Å²) in [4.78, 5) is 40.1. The van der Waals surface area contributed by atoms with Crippen LogP contribution in [0.25, 0.3) is 0 Å². The van der Waals surface area contributed by atoms with E-state index in [1.165, 1.54) is 122 Å². The van der Waals surface area contributed by atoms with E-state index in [1.807, 2.05) is 6.08 Å². The van der Waals surface area contributed by atoms with Gasteiger partial charge in [0.2, 0.25) is 0 Å². The zero-order valence-electron chi connectivity index (χ0n) is 39.5. The summed E-state index contributed by atoms with van der Waals surface area (Å²) < 4.78 is 33.9. The van der Waals surface area contributed by atoms with Gasteiger partial charge in [-0.05, 0) is 45.2 Å². The molecule has 0 spiro atoms. The standard InChI is InChI=1S/C50H93NO9/c1-6-11-14-17-20-21-22-23-24-25-26-27-28-29-32-36-47(52)58-43-46(45-60-50(54)57-42-35-39-51(9-4)10-5)44-59-48(53)37-38-49(55-40-33-30-18-15-12-7-2)56-41-34-31-19-16-13-8-3/h28-29,32,36,46,49H,6-27,30-31,33-35,37-45H2,1-5H3. The minimum Gasteiger partial charge on any atom is -0.465 e. The highest BCUT2D eigenvalue weighted by Crippen LogP contribution is 2.14. The van der Waals surface area contributed by atoms with E-state index in [4.69, 9.17) is 28.4 Å². The number of ether oxygens (including phenoxy) is 6. The normalized spacial score (nSPS) is 12.2. The molecule has 0 bridgehead atoms. The molecular formula is C50H93NO9. The predicted octanol–water partition coefficient (Wildman–Crippen LogP) is 13.2. The maximum Gasteiger partial charge on any atom is 0.508 e. The van der Waals surface area contributed by atoms with E-state index in [9.17, 15) is 14.4 Å². The number of rotatable bonds is 45. The number of unbranched alkanes of at least 4 members (excludes halogenated alkanes) is 21. The van der Waals surface area contributed by atoms with Crippen LogP contribution < -0.4 is 0 Å². The lowest BCUT2D eigenvalue weighted by atomic mass is 10.1. The van der Waals surface area contributed by atoms with E-state index in [0.717, 1.165) is 58.2 Å². The Morgan fingerprint density at radius 3 is 1.52 bits per heavy atom. The summed E-state index contributed by atoms with van der Waals surface area (Å²) in [6, 6.07) is 0. The van der Waals surface area contributed by atoms with E-state index in [1.54, 1.807) is 6.08 Å². The molecule has 0 aromatic rings. The maximum atomic E-state index is 12.9. The van der Waals surface area contributed by atoms with E-state index in [2.05, 4.69) is 45.6 Å². The van der Waals surface area contributed by atoms with Crippen molar-refractivity contribution < 1.29 is 42.8 Å². The highest BCUT2D eigenvalue weighted by Gasteiger charge is 2.19. The van der Waals surface area contributed by atoms with Crippen molar-refractivity contribution in [2.75, 3.05) is 59.3 Å². The Morgan fingerprint density at radius 2 is 0.983 bits per heavy atom. The number of carbonyl (C=O) groups excluding carboxylic acids is 3. The first kappa shape index (κ1) is 57.6. The summed E-state index contributed by atoms with van der Waals surface area (Å²) >= 11 is 0. The summed E-state index contributed by atoms with van der Waals surface area (Å²) in [5, 5.41) is 0. The van der Waals surface area contributed by atoms with Gasteiger partial charge in [-0.3, -0.25) is 4.79 Å². The van der Waals surface area contributed by atoms with Crippen LogP contribution in [0.5, 0.6) is 0 Å². The lowest BCUT2D eigenvalue weighted by Crippen LogP contribution is -2.27. The second-order valence-electron chi connectivity index (χ2n) is 16.3. The van der Waals surface area contributed by atoms with E-state index >= 15 is 0 Å². The lowest BCUT2D eigenvalue weighted by molar-refractivity contribution is -0.161. The van der Waals surface area contributed by atoms with Gasteiger partial charge in [0.15, 0.2) is 6.29 Å². The average Bonchev–Trinajstić information content (AvgIpc) is 3.25. The zero-order valence-corrected chi connectivity index (χ0v) is 39.5. The topological polar surface area (TPSA) is 110 Å². The summed E-state index contributed by atoms with van der Waals surface area (Å²) in [5.74, 6) is -1.49. The zero-order chi connectivity index (χ0) is 44.0. The van der Waals surface area contributed by atoms with E-state index in [-0.39, 0.29) is 32.8 Å². The molecule has 0 N–H and O–H groups in total. The van der Waals surface area contributed by atoms with Gasteiger partial charge in [0.25, 0.3) is 0 Å². The summed E-state index contributed by atoms with van der Waals surface area (Å²) in [5.41, 5.74) is 0. The second-order valence-corrected chi connectivity index (χ2v) is 16.3.